The summed E-state index contributed by atoms with van der Waals surface area (Å²) in [6.45, 7) is 3.05. The Hall–Kier alpha value is -3.39. The number of rotatable bonds is 3. The molecule has 1 aliphatic heterocycles. The second kappa shape index (κ2) is 6.40. The van der Waals surface area contributed by atoms with E-state index in [-0.39, 0.29) is 6.10 Å². The van der Waals surface area contributed by atoms with Crippen molar-refractivity contribution in [3.05, 3.63) is 65.6 Å². The first-order valence-corrected chi connectivity index (χ1v) is 8.63. The molecule has 8 heteroatoms. The highest BCUT2D eigenvalue weighted by molar-refractivity contribution is 5.57. The molecule has 27 heavy (non-hydrogen) atoms. The number of ether oxygens (including phenoxy) is 1. The Labute approximate surface area is 154 Å². The highest BCUT2D eigenvalue weighted by Gasteiger charge is 2.27. The standard InChI is InChI=1S/C19H16N6O2/c1-12-4-6-13(7-5-12)16-10-25-15(11-26-16)17(22-24-25)18-21-19(27-23-18)14-3-2-8-20-9-14/h2-9,16H,10-11H2,1H3/t16-/m1/s1. The molecule has 0 unspecified atom stereocenters. The Morgan fingerprint density at radius 2 is 2.04 bits per heavy atom. The molecule has 0 spiro atoms. The van der Waals surface area contributed by atoms with Gasteiger partial charge in [-0.1, -0.05) is 40.2 Å². The monoisotopic (exact) mass is 360 g/mol. The van der Waals surface area contributed by atoms with Crippen LogP contribution in [-0.2, 0) is 17.9 Å². The zero-order valence-electron chi connectivity index (χ0n) is 14.6. The second-order valence-corrected chi connectivity index (χ2v) is 6.44. The summed E-state index contributed by atoms with van der Waals surface area (Å²) in [5.74, 6) is 0.793. The molecule has 0 aliphatic carbocycles. The highest BCUT2D eigenvalue weighted by Crippen LogP contribution is 2.30. The molecule has 0 radical (unpaired) electrons. The number of nitrogens with zero attached hydrogens (tertiary/aromatic N) is 6. The normalized spacial score (nSPS) is 16.3. The molecule has 4 heterocycles. The topological polar surface area (TPSA) is 91.8 Å². The van der Waals surface area contributed by atoms with E-state index >= 15 is 0 Å². The summed E-state index contributed by atoms with van der Waals surface area (Å²) >= 11 is 0. The number of pyridine rings is 1. The Morgan fingerprint density at radius 1 is 1.15 bits per heavy atom. The molecule has 3 aromatic heterocycles. The summed E-state index contributed by atoms with van der Waals surface area (Å²) in [5, 5.41) is 12.6. The van der Waals surface area contributed by atoms with Gasteiger partial charge in [-0.25, -0.2) is 4.68 Å². The molecule has 0 saturated heterocycles. The number of hydrogen-bond acceptors (Lipinski definition) is 7. The van der Waals surface area contributed by atoms with Crippen molar-refractivity contribution in [1.29, 1.82) is 0 Å². The van der Waals surface area contributed by atoms with Gasteiger partial charge in [-0.2, -0.15) is 4.98 Å². The van der Waals surface area contributed by atoms with Gasteiger partial charge in [0.25, 0.3) is 5.89 Å². The third kappa shape index (κ3) is 2.89. The first-order valence-electron chi connectivity index (χ1n) is 8.63. The van der Waals surface area contributed by atoms with Gasteiger partial charge in [0.2, 0.25) is 5.82 Å². The summed E-state index contributed by atoms with van der Waals surface area (Å²) in [7, 11) is 0. The summed E-state index contributed by atoms with van der Waals surface area (Å²) < 4.78 is 13.2. The van der Waals surface area contributed by atoms with Crippen molar-refractivity contribution >= 4 is 0 Å². The van der Waals surface area contributed by atoms with Crippen LogP contribution < -0.4 is 0 Å². The summed E-state index contributed by atoms with van der Waals surface area (Å²) in [6.07, 6.45) is 3.31. The maximum absolute atomic E-state index is 6.05. The lowest BCUT2D eigenvalue weighted by Gasteiger charge is -2.24. The molecule has 1 atom stereocenters. The van der Waals surface area contributed by atoms with Crippen molar-refractivity contribution in [3.8, 4) is 23.0 Å². The van der Waals surface area contributed by atoms with Crippen LogP contribution in [0.3, 0.4) is 0 Å². The predicted molar refractivity (Wildman–Crippen MR) is 95.3 cm³/mol. The first-order chi connectivity index (χ1) is 13.3. The molecule has 1 aromatic carbocycles. The van der Waals surface area contributed by atoms with E-state index in [1.54, 1.807) is 12.4 Å². The van der Waals surface area contributed by atoms with Crippen LogP contribution in [0.4, 0.5) is 0 Å². The van der Waals surface area contributed by atoms with Crippen LogP contribution in [0.25, 0.3) is 23.0 Å². The van der Waals surface area contributed by atoms with E-state index in [9.17, 15) is 0 Å². The maximum Gasteiger partial charge on any atom is 0.259 e. The van der Waals surface area contributed by atoms with Crippen LogP contribution >= 0.6 is 0 Å². The van der Waals surface area contributed by atoms with Gasteiger partial charge in [0, 0.05) is 12.4 Å². The quantitative estimate of drug-likeness (QED) is 0.554. The molecule has 0 saturated carbocycles. The van der Waals surface area contributed by atoms with Gasteiger partial charge in [0.15, 0.2) is 5.69 Å². The minimum Gasteiger partial charge on any atom is -0.365 e. The molecule has 5 rings (SSSR count). The SMILES string of the molecule is Cc1ccc([C@H]2Cn3nnc(-c4noc(-c5cccnc5)n4)c3CO2)cc1. The van der Waals surface area contributed by atoms with Gasteiger partial charge in [-0.05, 0) is 24.6 Å². The predicted octanol–water partition coefficient (Wildman–Crippen LogP) is 2.97. The van der Waals surface area contributed by atoms with E-state index < -0.39 is 0 Å². The molecule has 4 aromatic rings. The first kappa shape index (κ1) is 15.8. The lowest BCUT2D eigenvalue weighted by atomic mass is 10.1. The molecule has 0 N–H and O–H groups in total. The maximum atomic E-state index is 6.05. The number of benzene rings is 1. The van der Waals surface area contributed by atoms with E-state index in [1.807, 2.05) is 16.8 Å². The van der Waals surface area contributed by atoms with Crippen molar-refractivity contribution in [2.75, 3.05) is 0 Å². The van der Waals surface area contributed by atoms with Gasteiger partial charge < -0.3 is 9.26 Å². The lowest BCUT2D eigenvalue weighted by Crippen LogP contribution is -2.22. The van der Waals surface area contributed by atoms with Crippen LogP contribution in [0, 0.1) is 6.92 Å². The summed E-state index contributed by atoms with van der Waals surface area (Å²) in [6, 6.07) is 12.0. The molecular weight excluding hydrogens is 344 g/mol. The van der Waals surface area contributed by atoms with E-state index in [2.05, 4.69) is 56.6 Å². The van der Waals surface area contributed by atoms with Crippen LogP contribution in [0.15, 0.2) is 53.3 Å². The Kier molecular flexibility index (Phi) is 3.75. The second-order valence-electron chi connectivity index (χ2n) is 6.44. The minimum atomic E-state index is -0.0520. The fourth-order valence-corrected chi connectivity index (χ4v) is 3.09. The van der Waals surface area contributed by atoms with E-state index in [1.165, 1.54) is 5.56 Å². The van der Waals surface area contributed by atoms with E-state index in [0.29, 0.717) is 30.6 Å². The average molecular weight is 360 g/mol. The summed E-state index contributed by atoms with van der Waals surface area (Å²) in [5.41, 5.74) is 4.53. The Bertz CT molecular complexity index is 1070. The summed E-state index contributed by atoms with van der Waals surface area (Å²) in [4.78, 5) is 8.49. The van der Waals surface area contributed by atoms with Crippen LogP contribution in [0.2, 0.25) is 0 Å². The number of aryl methyl sites for hydroxylation is 1. The molecule has 8 nitrogen and oxygen atoms in total. The zero-order chi connectivity index (χ0) is 18.2. The smallest absolute Gasteiger partial charge is 0.259 e. The van der Waals surface area contributed by atoms with Gasteiger partial charge in [0.1, 0.15) is 6.10 Å². The third-order valence-electron chi connectivity index (χ3n) is 4.59. The third-order valence-corrected chi connectivity index (χ3v) is 4.59. The molecule has 0 fully saturated rings. The van der Waals surface area contributed by atoms with E-state index in [4.69, 9.17) is 9.26 Å². The number of aromatic nitrogens is 6. The largest absolute Gasteiger partial charge is 0.365 e. The lowest BCUT2D eigenvalue weighted by molar-refractivity contribution is -0.00112. The Balaban J connectivity index is 1.42. The minimum absolute atomic E-state index is 0.0520. The highest BCUT2D eigenvalue weighted by atomic mass is 16.5. The zero-order valence-corrected chi connectivity index (χ0v) is 14.6. The fourth-order valence-electron chi connectivity index (χ4n) is 3.09. The molecule has 0 amide bonds. The fraction of sp³-hybridized carbons (Fsp3) is 0.211. The van der Waals surface area contributed by atoms with Crippen molar-refractivity contribution in [1.82, 2.24) is 30.1 Å². The number of fused-ring (bicyclic) bond motifs is 1. The molecule has 134 valence electrons. The van der Waals surface area contributed by atoms with E-state index in [0.717, 1.165) is 16.8 Å². The van der Waals surface area contributed by atoms with Crippen LogP contribution in [0.5, 0.6) is 0 Å². The van der Waals surface area contributed by atoms with Crippen molar-refractivity contribution < 1.29 is 9.26 Å². The van der Waals surface area contributed by atoms with Gasteiger partial charge >= 0.3 is 0 Å². The van der Waals surface area contributed by atoms with Gasteiger partial charge in [0.05, 0.1) is 24.4 Å². The van der Waals surface area contributed by atoms with Gasteiger partial charge in [-0.15, -0.1) is 5.10 Å². The van der Waals surface area contributed by atoms with Crippen molar-refractivity contribution in [2.24, 2.45) is 0 Å². The number of hydrogen-bond donors (Lipinski definition) is 0. The van der Waals surface area contributed by atoms with Crippen LogP contribution in [-0.4, -0.2) is 30.1 Å². The molecule has 1 aliphatic rings. The van der Waals surface area contributed by atoms with Crippen molar-refractivity contribution in [3.63, 3.8) is 0 Å². The Morgan fingerprint density at radius 3 is 2.85 bits per heavy atom. The van der Waals surface area contributed by atoms with Gasteiger partial charge in [-0.3, -0.25) is 4.98 Å². The average Bonchev–Trinajstić information content (AvgIpc) is 3.36. The van der Waals surface area contributed by atoms with Crippen LogP contribution in [0.1, 0.15) is 22.9 Å². The van der Waals surface area contributed by atoms with Crippen molar-refractivity contribution in [2.45, 2.75) is 26.2 Å². The molecular formula is C19H16N6O2. The molecule has 0 bridgehead atoms.